The van der Waals surface area contributed by atoms with Gasteiger partial charge in [-0.15, -0.1) is 0 Å². The second kappa shape index (κ2) is 15.2. The molecule has 0 radical (unpaired) electrons. The van der Waals surface area contributed by atoms with Gasteiger partial charge in [-0.3, -0.25) is 19.2 Å². The van der Waals surface area contributed by atoms with Gasteiger partial charge < -0.3 is 29.7 Å². The van der Waals surface area contributed by atoms with Crippen LogP contribution in [0.15, 0.2) is 29.2 Å². The minimum atomic E-state index is -0.897. The highest BCUT2D eigenvalue weighted by atomic mass is 19.1. The summed E-state index contributed by atoms with van der Waals surface area (Å²) in [5, 5.41) is 10.9. The maximum atomic E-state index is 14.3. The van der Waals surface area contributed by atoms with Crippen molar-refractivity contribution in [3.05, 3.63) is 63.1 Å². The van der Waals surface area contributed by atoms with Crippen molar-refractivity contribution in [3.63, 3.8) is 0 Å². The highest BCUT2D eigenvalue weighted by Crippen LogP contribution is 2.51. The fraction of sp³-hybridized carbons (Fsp3) is 0.571. The lowest BCUT2D eigenvalue weighted by Crippen LogP contribution is -2.60. The Morgan fingerprint density at radius 2 is 1.87 bits per heavy atom. The summed E-state index contributed by atoms with van der Waals surface area (Å²) in [6, 6.07) is 2.77. The van der Waals surface area contributed by atoms with Crippen molar-refractivity contribution in [2.24, 2.45) is 11.3 Å². The molecule has 2 amide bonds. The van der Waals surface area contributed by atoms with E-state index in [1.165, 1.54) is 12.3 Å². The summed E-state index contributed by atoms with van der Waals surface area (Å²) in [6.45, 7) is 14.8. The summed E-state index contributed by atoms with van der Waals surface area (Å²) >= 11 is 0. The smallest absolute Gasteiger partial charge is 0.308 e. The number of carbonyl (C=O) groups is 3. The van der Waals surface area contributed by atoms with E-state index in [2.05, 4.69) is 5.32 Å². The molecule has 1 aromatic heterocycles. The van der Waals surface area contributed by atoms with Gasteiger partial charge in [0.1, 0.15) is 17.2 Å². The van der Waals surface area contributed by atoms with Crippen LogP contribution in [-0.4, -0.2) is 52.3 Å². The first-order valence-corrected chi connectivity index (χ1v) is 16.2. The number of hydrogen-bond donors (Lipinski definition) is 2. The Balaban J connectivity index is 0.00000262. The lowest BCUT2D eigenvalue weighted by molar-refractivity contribution is -0.150. The molecule has 2 aliphatic heterocycles. The van der Waals surface area contributed by atoms with Crippen LogP contribution in [0.25, 0.3) is 0 Å². The quantitative estimate of drug-likeness (QED) is 0.162. The summed E-state index contributed by atoms with van der Waals surface area (Å²) in [4.78, 5) is 55.5. The predicted octanol–water partition coefficient (Wildman–Crippen LogP) is 6.43. The van der Waals surface area contributed by atoms with Crippen molar-refractivity contribution in [1.82, 2.24) is 14.8 Å². The molecule has 3 heterocycles. The minimum absolute atomic E-state index is 0. The number of hydrogen-bond acceptors (Lipinski definition) is 7. The van der Waals surface area contributed by atoms with Crippen LogP contribution in [0.2, 0.25) is 0 Å². The maximum absolute atomic E-state index is 14.3. The maximum Gasteiger partial charge on any atom is 0.308 e. The summed E-state index contributed by atoms with van der Waals surface area (Å²) in [6.07, 6.45) is 3.78. The number of esters is 1. The summed E-state index contributed by atoms with van der Waals surface area (Å²) in [5.74, 6) is -3.65. The Hall–Kier alpha value is -4.09. The number of nitrogens with zero attached hydrogens (tertiary/aromatic N) is 2. The number of benzene rings is 1. The molecule has 1 aromatic carbocycles. The van der Waals surface area contributed by atoms with Gasteiger partial charge >= 0.3 is 5.97 Å². The molecule has 4 rings (SSSR count). The molecule has 47 heavy (non-hydrogen) atoms. The Morgan fingerprint density at radius 1 is 1.19 bits per heavy atom. The third kappa shape index (κ3) is 7.90. The second-order valence-corrected chi connectivity index (χ2v) is 13.2. The number of aromatic nitrogens is 1. The Labute approximate surface area is 276 Å². The van der Waals surface area contributed by atoms with Gasteiger partial charge in [0.2, 0.25) is 18.0 Å². The predicted molar refractivity (Wildman–Crippen MR) is 177 cm³/mol. The Morgan fingerprint density at radius 3 is 2.49 bits per heavy atom. The molecule has 260 valence electrons. The molecule has 1 fully saturated rings. The van der Waals surface area contributed by atoms with E-state index >= 15 is 0 Å². The molecule has 0 aliphatic carbocycles. The number of pyridine rings is 1. The molecule has 2 aliphatic rings. The zero-order chi connectivity index (χ0) is 35.3. The largest absolute Gasteiger partial charge is 0.451 e. The molecule has 3 atom stereocenters. The summed E-state index contributed by atoms with van der Waals surface area (Å²) < 4.78 is 40.3. The number of ether oxygens (including phenoxy) is 2. The van der Waals surface area contributed by atoms with Crippen LogP contribution >= 0.6 is 0 Å². The number of carbonyl (C=O) groups excluding carboxylic acids is 3. The number of amides is 2. The van der Waals surface area contributed by atoms with Crippen LogP contribution in [0.4, 0.5) is 8.78 Å². The molecule has 0 spiro atoms. The number of halogens is 2. The van der Waals surface area contributed by atoms with E-state index in [-0.39, 0.29) is 49.7 Å². The molecule has 1 saturated heterocycles. The normalized spacial score (nSPS) is 21.6. The molecular weight excluding hydrogens is 610 g/mol. The van der Waals surface area contributed by atoms with Crippen LogP contribution in [0, 0.1) is 28.4 Å². The van der Waals surface area contributed by atoms with Crippen LogP contribution < -0.4 is 15.5 Å². The first kappa shape index (κ1) is 37.4. The van der Waals surface area contributed by atoms with E-state index in [1.54, 1.807) is 16.4 Å². The standard InChI is InChI=1S/C33H42F2N4O6.C2H6.H2/c1-19(2)7-10-26(40)44-18-45-29-27-31(43)38-17-33(6,32(5,14-20(3)36)12-11-21(38)4)39(27)16-24(28(29)41)30(42)37-15-22-8-9-23(34)13-25(22)35;1-2;/h8-9,13,16,19,21,36H,7,10-12,14-15,17-18H2,1-6H3,(H,37,42);1-2H3;1H/t21-,32+,33+;;/m0../s1. The van der Waals surface area contributed by atoms with Gasteiger partial charge in [0.05, 0.1) is 5.54 Å². The van der Waals surface area contributed by atoms with E-state index in [4.69, 9.17) is 14.9 Å². The van der Waals surface area contributed by atoms with Crippen molar-refractivity contribution in [3.8, 4) is 5.75 Å². The first-order valence-electron chi connectivity index (χ1n) is 16.2. The zero-order valence-electron chi connectivity index (χ0n) is 28.7. The van der Waals surface area contributed by atoms with Crippen LogP contribution in [0.1, 0.15) is 115 Å². The molecule has 0 saturated carbocycles. The highest BCUT2D eigenvalue weighted by Gasteiger charge is 2.55. The van der Waals surface area contributed by atoms with Gasteiger partial charge in [-0.1, -0.05) is 40.7 Å². The summed E-state index contributed by atoms with van der Waals surface area (Å²) in [5.41, 5.74) is -2.34. The molecule has 2 N–H and O–H groups in total. The molecule has 2 bridgehead atoms. The van der Waals surface area contributed by atoms with E-state index in [0.717, 1.165) is 6.07 Å². The Kier molecular flexibility index (Phi) is 12.1. The average Bonchev–Trinajstić information content (AvgIpc) is 3.09. The monoisotopic (exact) mass is 660 g/mol. The second-order valence-electron chi connectivity index (χ2n) is 13.2. The SMILES string of the molecule is CC.CC(=N)C[C@@]1(C)CC[C@H](C)N2C[C@@]1(C)n1cc(C(=O)NCc3ccc(F)cc3F)c(=O)c(OCOC(=O)CCC(C)C)c1C2=O.[HH]. The number of nitrogens with one attached hydrogen (secondary N) is 2. The van der Waals surface area contributed by atoms with E-state index < -0.39 is 58.3 Å². The first-order chi connectivity index (χ1) is 22.1. The van der Waals surface area contributed by atoms with Gasteiger partial charge in [0.15, 0.2) is 5.69 Å². The molecule has 0 unspecified atom stereocenters. The van der Waals surface area contributed by atoms with E-state index in [9.17, 15) is 28.0 Å². The molecule has 2 aromatic rings. The third-order valence-electron chi connectivity index (χ3n) is 9.29. The van der Waals surface area contributed by atoms with Crippen molar-refractivity contribution in [2.75, 3.05) is 13.3 Å². The zero-order valence-corrected chi connectivity index (χ0v) is 28.7. The topological polar surface area (TPSA) is 131 Å². The van der Waals surface area contributed by atoms with Gasteiger partial charge in [-0.25, -0.2) is 8.78 Å². The average molecular weight is 661 g/mol. The van der Waals surface area contributed by atoms with E-state index in [0.29, 0.717) is 37.5 Å². The van der Waals surface area contributed by atoms with Crippen molar-refractivity contribution in [2.45, 2.75) is 106 Å². The van der Waals surface area contributed by atoms with Gasteiger partial charge in [0.25, 0.3) is 11.8 Å². The fourth-order valence-corrected chi connectivity index (χ4v) is 6.32. The van der Waals surface area contributed by atoms with Crippen molar-refractivity contribution >= 4 is 23.5 Å². The third-order valence-corrected chi connectivity index (χ3v) is 9.29. The van der Waals surface area contributed by atoms with E-state index in [1.807, 2.05) is 48.5 Å². The minimum Gasteiger partial charge on any atom is -0.451 e. The van der Waals surface area contributed by atoms with Crippen molar-refractivity contribution < 1.29 is 34.1 Å². The van der Waals surface area contributed by atoms with Crippen molar-refractivity contribution in [1.29, 1.82) is 5.41 Å². The van der Waals surface area contributed by atoms with Gasteiger partial charge in [0, 0.05) is 50.5 Å². The van der Waals surface area contributed by atoms with Gasteiger partial charge in [-0.2, -0.15) is 0 Å². The fourth-order valence-electron chi connectivity index (χ4n) is 6.32. The van der Waals surface area contributed by atoms with Crippen LogP contribution in [0.5, 0.6) is 5.75 Å². The summed E-state index contributed by atoms with van der Waals surface area (Å²) in [7, 11) is 0. The molecule has 10 nitrogen and oxygen atoms in total. The number of rotatable bonds is 11. The van der Waals surface area contributed by atoms with Gasteiger partial charge in [-0.05, 0) is 63.9 Å². The Bertz CT molecular complexity index is 1580. The van der Waals surface area contributed by atoms with Crippen LogP contribution in [-0.2, 0) is 21.6 Å². The van der Waals surface area contributed by atoms with Crippen LogP contribution in [0.3, 0.4) is 0 Å². The lowest BCUT2D eigenvalue weighted by atomic mass is 9.65. The number of fused-ring (bicyclic) bond motifs is 4. The lowest BCUT2D eigenvalue weighted by Gasteiger charge is -2.52. The highest BCUT2D eigenvalue weighted by molar-refractivity contribution is 5.99. The molecular formula is C35H50F2N4O6. The molecule has 12 heteroatoms.